The van der Waals surface area contributed by atoms with E-state index in [-0.39, 0.29) is 24.3 Å². The Morgan fingerprint density at radius 2 is 1.62 bits per heavy atom. The molecule has 26 heavy (non-hydrogen) atoms. The number of hydrogen-bond donors (Lipinski definition) is 1. The van der Waals surface area contributed by atoms with Crippen LogP contribution in [0.4, 0.5) is 0 Å². The van der Waals surface area contributed by atoms with Crippen LogP contribution in [0.1, 0.15) is 62.7 Å². The van der Waals surface area contributed by atoms with Gasteiger partial charge in [-0.05, 0) is 99.8 Å². The first-order chi connectivity index (χ1) is 12.4. The van der Waals surface area contributed by atoms with Gasteiger partial charge in [0.2, 0.25) is 0 Å². The van der Waals surface area contributed by atoms with Gasteiger partial charge in [-0.25, -0.2) is 0 Å². The van der Waals surface area contributed by atoms with Crippen molar-refractivity contribution >= 4 is 11.7 Å². The molecule has 0 radical (unpaired) electrons. The highest BCUT2D eigenvalue weighted by Gasteiger charge is 2.53. The Morgan fingerprint density at radius 3 is 2.12 bits per heavy atom. The number of Topliss-reactive ketones (excluding diaryl/α,β-unsaturated/α-hetero) is 1. The molecule has 4 aliphatic carbocycles. The fraction of sp³-hybridized carbons (Fsp3) is 0.636. The number of rotatable bonds is 6. The summed E-state index contributed by atoms with van der Waals surface area (Å²) < 4.78 is 5.60. The first-order valence-electron chi connectivity index (χ1n) is 9.97. The maximum Gasteiger partial charge on any atom is 0.258 e. The van der Waals surface area contributed by atoms with Crippen molar-refractivity contribution in [3.8, 4) is 5.75 Å². The standard InChI is InChI=1S/C22H29NO3/c1-14(24)19-3-5-20(6-4-19)26-13-21(25)23-15(2)22-10-16-7-17(11-22)9-18(8-16)12-22/h3-6,15-18H,7-13H2,1-2H3,(H,23,25)/t15-,16?,17?,18?,22?/m1/s1. The van der Waals surface area contributed by atoms with Crippen molar-refractivity contribution in [1.29, 1.82) is 0 Å². The molecule has 0 spiro atoms. The molecule has 0 heterocycles. The molecule has 4 aliphatic rings. The van der Waals surface area contributed by atoms with Gasteiger partial charge in [-0.1, -0.05) is 0 Å². The number of ether oxygens (including phenoxy) is 1. The molecule has 1 aromatic rings. The SMILES string of the molecule is CC(=O)c1ccc(OCC(=O)N[C@H](C)C23CC4CC(CC(C4)C2)C3)cc1. The second kappa shape index (κ2) is 6.71. The van der Waals surface area contributed by atoms with E-state index >= 15 is 0 Å². The molecular weight excluding hydrogens is 326 g/mol. The summed E-state index contributed by atoms with van der Waals surface area (Å²) in [5.74, 6) is 3.25. The smallest absolute Gasteiger partial charge is 0.258 e. The van der Waals surface area contributed by atoms with Crippen LogP contribution in [0, 0.1) is 23.2 Å². The lowest BCUT2D eigenvalue weighted by Crippen LogP contribution is -2.56. The molecule has 1 amide bonds. The van der Waals surface area contributed by atoms with Crippen LogP contribution in [-0.4, -0.2) is 24.3 Å². The van der Waals surface area contributed by atoms with Gasteiger partial charge >= 0.3 is 0 Å². The third-order valence-corrected chi connectivity index (χ3v) is 7.01. The Morgan fingerprint density at radius 1 is 1.08 bits per heavy atom. The van der Waals surface area contributed by atoms with Crippen LogP contribution < -0.4 is 10.1 Å². The summed E-state index contributed by atoms with van der Waals surface area (Å²) in [5.41, 5.74) is 0.963. The topological polar surface area (TPSA) is 55.4 Å². The predicted molar refractivity (Wildman–Crippen MR) is 100 cm³/mol. The first-order valence-corrected chi connectivity index (χ1v) is 9.97. The van der Waals surface area contributed by atoms with Crippen LogP contribution in [0.25, 0.3) is 0 Å². The van der Waals surface area contributed by atoms with Crippen LogP contribution >= 0.6 is 0 Å². The number of benzene rings is 1. The summed E-state index contributed by atoms with van der Waals surface area (Å²) >= 11 is 0. The lowest BCUT2D eigenvalue weighted by Gasteiger charge is -2.59. The van der Waals surface area contributed by atoms with Gasteiger partial charge in [-0.2, -0.15) is 0 Å². The molecule has 4 heteroatoms. The maximum atomic E-state index is 12.4. The Kier molecular flexibility index (Phi) is 4.54. The Hall–Kier alpha value is -1.84. The summed E-state index contributed by atoms with van der Waals surface area (Å²) in [6.45, 7) is 3.75. The molecule has 140 valence electrons. The first kappa shape index (κ1) is 17.6. The Labute approximate surface area is 155 Å². The van der Waals surface area contributed by atoms with E-state index in [1.807, 2.05) is 0 Å². The highest BCUT2D eigenvalue weighted by atomic mass is 16.5. The Balaban J connectivity index is 1.31. The minimum atomic E-state index is -0.0520. The van der Waals surface area contributed by atoms with Crippen LogP contribution in [0.3, 0.4) is 0 Å². The second-order valence-corrected chi connectivity index (χ2v) is 8.94. The zero-order chi connectivity index (χ0) is 18.3. The number of ketones is 1. The molecule has 4 saturated carbocycles. The lowest BCUT2D eigenvalue weighted by molar-refractivity contribution is -0.127. The normalized spacial score (nSPS) is 32.9. The molecule has 1 aromatic carbocycles. The third kappa shape index (κ3) is 3.38. The van der Waals surface area contributed by atoms with Crippen LogP contribution in [0.5, 0.6) is 5.75 Å². The predicted octanol–water partition coefficient (Wildman–Crippen LogP) is 3.99. The lowest BCUT2D eigenvalue weighted by atomic mass is 9.48. The minimum Gasteiger partial charge on any atom is -0.484 e. The summed E-state index contributed by atoms with van der Waals surface area (Å²) in [5, 5.41) is 3.22. The van der Waals surface area contributed by atoms with Crippen LogP contribution in [0.15, 0.2) is 24.3 Å². The number of hydrogen-bond acceptors (Lipinski definition) is 3. The van der Waals surface area contributed by atoms with E-state index in [9.17, 15) is 9.59 Å². The fourth-order valence-corrected chi connectivity index (χ4v) is 6.08. The molecular formula is C22H29NO3. The summed E-state index contributed by atoms with van der Waals surface area (Å²) in [6.07, 6.45) is 8.10. The van der Waals surface area contributed by atoms with Gasteiger partial charge in [-0.15, -0.1) is 0 Å². The van der Waals surface area contributed by atoms with Crippen LogP contribution in [-0.2, 0) is 4.79 Å². The Bertz CT molecular complexity index is 659. The molecule has 0 saturated heterocycles. The number of carbonyl (C=O) groups excluding carboxylic acids is 2. The van der Waals surface area contributed by atoms with E-state index in [1.165, 1.54) is 45.4 Å². The van der Waals surface area contributed by atoms with E-state index in [0.29, 0.717) is 16.7 Å². The average molecular weight is 355 g/mol. The summed E-state index contributed by atoms with van der Waals surface area (Å²) in [7, 11) is 0. The highest BCUT2D eigenvalue weighted by molar-refractivity contribution is 5.94. The second-order valence-electron chi connectivity index (χ2n) is 8.94. The van der Waals surface area contributed by atoms with Gasteiger partial charge in [0.05, 0.1) is 0 Å². The van der Waals surface area contributed by atoms with Crippen molar-refractivity contribution in [2.75, 3.05) is 6.61 Å². The van der Waals surface area contributed by atoms with Crippen molar-refractivity contribution in [1.82, 2.24) is 5.32 Å². The summed E-state index contributed by atoms with van der Waals surface area (Å²) in [6, 6.07) is 7.16. The molecule has 5 rings (SSSR count). The average Bonchev–Trinajstić information content (AvgIpc) is 2.59. The molecule has 1 atom stereocenters. The quantitative estimate of drug-likeness (QED) is 0.785. The number of amides is 1. The highest BCUT2D eigenvalue weighted by Crippen LogP contribution is 2.61. The molecule has 0 aromatic heterocycles. The van der Waals surface area contributed by atoms with Gasteiger partial charge in [0, 0.05) is 11.6 Å². The molecule has 4 bridgehead atoms. The maximum absolute atomic E-state index is 12.4. The van der Waals surface area contributed by atoms with Gasteiger partial charge < -0.3 is 10.1 Å². The van der Waals surface area contributed by atoms with Crippen molar-refractivity contribution in [2.24, 2.45) is 23.2 Å². The molecule has 4 fully saturated rings. The zero-order valence-electron chi connectivity index (χ0n) is 15.8. The van der Waals surface area contributed by atoms with E-state index < -0.39 is 0 Å². The van der Waals surface area contributed by atoms with Gasteiger partial charge in [-0.3, -0.25) is 9.59 Å². The van der Waals surface area contributed by atoms with Gasteiger partial charge in [0.15, 0.2) is 12.4 Å². The molecule has 0 aliphatic heterocycles. The van der Waals surface area contributed by atoms with Crippen molar-refractivity contribution < 1.29 is 14.3 Å². The van der Waals surface area contributed by atoms with E-state index in [2.05, 4.69) is 12.2 Å². The zero-order valence-corrected chi connectivity index (χ0v) is 15.8. The largest absolute Gasteiger partial charge is 0.484 e. The third-order valence-electron chi connectivity index (χ3n) is 7.01. The minimum absolute atomic E-state index is 0.0239. The number of carbonyl (C=O) groups is 2. The molecule has 0 unspecified atom stereocenters. The van der Waals surface area contributed by atoms with Gasteiger partial charge in [0.1, 0.15) is 5.75 Å². The van der Waals surface area contributed by atoms with Gasteiger partial charge in [0.25, 0.3) is 5.91 Å². The number of nitrogens with one attached hydrogen (secondary N) is 1. The monoisotopic (exact) mass is 355 g/mol. The molecule has 1 N–H and O–H groups in total. The molecule has 4 nitrogen and oxygen atoms in total. The van der Waals surface area contributed by atoms with Crippen molar-refractivity contribution in [3.05, 3.63) is 29.8 Å². The fourth-order valence-electron chi connectivity index (χ4n) is 6.08. The van der Waals surface area contributed by atoms with E-state index in [1.54, 1.807) is 24.3 Å². The van der Waals surface area contributed by atoms with E-state index in [4.69, 9.17) is 4.74 Å². The van der Waals surface area contributed by atoms with Crippen molar-refractivity contribution in [2.45, 2.75) is 58.4 Å². The van der Waals surface area contributed by atoms with E-state index in [0.717, 1.165) is 17.8 Å². The van der Waals surface area contributed by atoms with Crippen LogP contribution in [0.2, 0.25) is 0 Å². The van der Waals surface area contributed by atoms with Crippen molar-refractivity contribution in [3.63, 3.8) is 0 Å². The summed E-state index contributed by atoms with van der Waals surface area (Å²) in [4.78, 5) is 23.7.